The van der Waals surface area contributed by atoms with E-state index in [1.54, 1.807) is 24.4 Å². The van der Waals surface area contributed by atoms with Gasteiger partial charge in [-0.1, -0.05) is 35.5 Å². The Morgan fingerprint density at radius 3 is 2.41 bits per heavy atom. The molecule has 12 heteroatoms. The first-order valence-electron chi connectivity index (χ1n) is 11.9. The fourth-order valence-corrected chi connectivity index (χ4v) is 4.63. The van der Waals surface area contributed by atoms with Crippen molar-refractivity contribution < 1.29 is 13.2 Å². The molecule has 2 aromatic carbocycles. The van der Waals surface area contributed by atoms with Crippen LogP contribution >= 0.6 is 0 Å². The average molecular weight is 521 g/mol. The third-order valence-electron chi connectivity index (χ3n) is 6.06. The summed E-state index contributed by atoms with van der Waals surface area (Å²) in [5.74, 6) is 1.13. The van der Waals surface area contributed by atoms with E-state index in [0.29, 0.717) is 23.2 Å². The summed E-state index contributed by atoms with van der Waals surface area (Å²) in [4.78, 5) is 13.9. The quantitative estimate of drug-likeness (QED) is 0.370. The highest BCUT2D eigenvalue weighted by atomic mass is 32.2. The van der Waals surface area contributed by atoms with Gasteiger partial charge in [0.15, 0.2) is 0 Å². The topological polar surface area (TPSA) is 132 Å². The van der Waals surface area contributed by atoms with E-state index >= 15 is 0 Å². The Bertz CT molecular complexity index is 1450. The number of primary sulfonamides is 1. The second-order valence-corrected chi connectivity index (χ2v) is 10.4. The smallest absolute Gasteiger partial charge is 0.238 e. The molecule has 1 aliphatic heterocycles. The minimum atomic E-state index is -3.75. The van der Waals surface area contributed by atoms with Gasteiger partial charge in [-0.15, -0.1) is 5.10 Å². The second kappa shape index (κ2) is 10.6. The van der Waals surface area contributed by atoms with Gasteiger partial charge in [0.25, 0.3) is 0 Å². The van der Waals surface area contributed by atoms with Crippen molar-refractivity contribution in [1.29, 1.82) is 0 Å². The first-order valence-corrected chi connectivity index (χ1v) is 13.4. The number of aryl methyl sites for hydroxylation is 1. The number of sulfonamides is 1. The van der Waals surface area contributed by atoms with Crippen LogP contribution in [-0.2, 0) is 23.2 Å². The molecule has 0 aliphatic carbocycles. The third kappa shape index (κ3) is 6.28. The van der Waals surface area contributed by atoms with Gasteiger partial charge < -0.3 is 9.64 Å². The molecule has 0 radical (unpaired) electrons. The third-order valence-corrected chi connectivity index (χ3v) is 6.99. The summed E-state index contributed by atoms with van der Waals surface area (Å²) in [5, 5.41) is 13.4. The number of aromatic nitrogens is 5. The summed E-state index contributed by atoms with van der Waals surface area (Å²) >= 11 is 0. The minimum absolute atomic E-state index is 0.0347. The lowest BCUT2D eigenvalue weighted by Gasteiger charge is -2.34. The zero-order chi connectivity index (χ0) is 25.8. The largest absolute Gasteiger partial charge is 0.471 e. The predicted molar refractivity (Wildman–Crippen MR) is 138 cm³/mol. The minimum Gasteiger partial charge on any atom is -0.471 e. The molecule has 0 saturated carbocycles. The van der Waals surface area contributed by atoms with E-state index in [4.69, 9.17) is 9.88 Å². The molecule has 0 unspecified atom stereocenters. The van der Waals surface area contributed by atoms with E-state index < -0.39 is 10.0 Å². The monoisotopic (exact) mass is 520 g/mol. The standard InChI is InChI=1S/C25H28N8O3S/c1-19-15-24(28-25(27-19)32-13-11-31(12-14-32)16-20-5-3-2-4-6-20)36-18-21-17-33(30-29-21)22-7-9-23(10-8-22)37(26,34)35/h2-10,15,17H,11-14,16,18H2,1H3,(H2,26,34,35). The number of ether oxygens (including phenoxy) is 1. The molecule has 1 saturated heterocycles. The molecule has 0 amide bonds. The zero-order valence-electron chi connectivity index (χ0n) is 20.4. The molecule has 2 aromatic heterocycles. The van der Waals surface area contributed by atoms with Crippen LogP contribution in [0.25, 0.3) is 5.69 Å². The Kier molecular flexibility index (Phi) is 7.12. The van der Waals surface area contributed by atoms with Crippen LogP contribution in [0.1, 0.15) is 17.0 Å². The summed E-state index contributed by atoms with van der Waals surface area (Å²) in [5.41, 5.74) is 3.39. The van der Waals surface area contributed by atoms with E-state index in [-0.39, 0.29) is 11.5 Å². The van der Waals surface area contributed by atoms with Gasteiger partial charge in [-0.3, -0.25) is 4.90 Å². The number of benzene rings is 2. The molecule has 2 N–H and O–H groups in total. The van der Waals surface area contributed by atoms with E-state index in [1.807, 2.05) is 13.0 Å². The Labute approximate surface area is 215 Å². The van der Waals surface area contributed by atoms with Gasteiger partial charge in [-0.25, -0.2) is 23.2 Å². The van der Waals surface area contributed by atoms with Crippen molar-refractivity contribution in [3.63, 3.8) is 0 Å². The predicted octanol–water partition coefficient (Wildman–Crippen LogP) is 1.91. The van der Waals surface area contributed by atoms with Crippen molar-refractivity contribution in [1.82, 2.24) is 29.9 Å². The van der Waals surface area contributed by atoms with Crippen LogP contribution < -0.4 is 14.8 Å². The number of hydrogen-bond donors (Lipinski definition) is 1. The van der Waals surface area contributed by atoms with Gasteiger partial charge in [0.2, 0.25) is 21.9 Å². The summed E-state index contributed by atoms with van der Waals surface area (Å²) in [6.07, 6.45) is 1.72. The molecule has 4 aromatic rings. The maximum absolute atomic E-state index is 11.4. The molecule has 5 rings (SSSR count). The lowest BCUT2D eigenvalue weighted by Crippen LogP contribution is -2.46. The number of anilines is 1. The van der Waals surface area contributed by atoms with E-state index in [0.717, 1.165) is 38.4 Å². The summed E-state index contributed by atoms with van der Waals surface area (Å²) in [6, 6.07) is 18.4. The van der Waals surface area contributed by atoms with Crippen molar-refractivity contribution in [3.8, 4) is 11.6 Å². The SMILES string of the molecule is Cc1cc(OCc2cn(-c3ccc(S(N)(=O)=O)cc3)nn2)nc(N2CCN(Cc3ccccc3)CC2)n1. The van der Waals surface area contributed by atoms with Crippen LogP contribution in [0.4, 0.5) is 5.95 Å². The van der Waals surface area contributed by atoms with Gasteiger partial charge in [-0.2, -0.15) is 4.98 Å². The Morgan fingerprint density at radius 2 is 1.70 bits per heavy atom. The van der Waals surface area contributed by atoms with E-state index in [2.05, 4.69) is 54.3 Å². The second-order valence-electron chi connectivity index (χ2n) is 8.88. The van der Waals surface area contributed by atoms with Crippen LogP contribution in [0.15, 0.2) is 71.8 Å². The van der Waals surface area contributed by atoms with Crippen LogP contribution in [0, 0.1) is 6.92 Å². The lowest BCUT2D eigenvalue weighted by atomic mass is 10.2. The highest BCUT2D eigenvalue weighted by Gasteiger charge is 2.20. The van der Waals surface area contributed by atoms with Crippen LogP contribution in [0.3, 0.4) is 0 Å². The number of piperazine rings is 1. The molecule has 0 atom stereocenters. The average Bonchev–Trinajstić information content (AvgIpc) is 3.37. The molecule has 1 aliphatic rings. The molecule has 192 valence electrons. The molecule has 3 heterocycles. The fourth-order valence-electron chi connectivity index (χ4n) is 4.11. The number of rotatable bonds is 8. The normalized spacial score (nSPS) is 14.6. The van der Waals surface area contributed by atoms with E-state index in [9.17, 15) is 8.42 Å². The Balaban J connectivity index is 1.19. The molecule has 11 nitrogen and oxygen atoms in total. The van der Waals surface area contributed by atoms with Crippen LogP contribution in [0.5, 0.6) is 5.88 Å². The molecule has 0 spiro atoms. The Hall–Kier alpha value is -3.87. The van der Waals surface area contributed by atoms with Crippen molar-refractivity contribution >= 4 is 16.0 Å². The maximum Gasteiger partial charge on any atom is 0.238 e. The molecular weight excluding hydrogens is 492 g/mol. The fraction of sp³-hybridized carbons (Fsp3) is 0.280. The van der Waals surface area contributed by atoms with Crippen molar-refractivity contribution in [2.75, 3.05) is 31.1 Å². The van der Waals surface area contributed by atoms with E-state index in [1.165, 1.54) is 22.4 Å². The summed E-state index contributed by atoms with van der Waals surface area (Å²) in [6.45, 7) is 6.59. The highest BCUT2D eigenvalue weighted by molar-refractivity contribution is 7.89. The zero-order valence-corrected chi connectivity index (χ0v) is 21.3. The van der Waals surface area contributed by atoms with Gasteiger partial charge in [0.05, 0.1) is 16.8 Å². The van der Waals surface area contributed by atoms with Gasteiger partial charge in [0, 0.05) is 44.5 Å². The Morgan fingerprint density at radius 1 is 0.973 bits per heavy atom. The van der Waals surface area contributed by atoms with Crippen molar-refractivity contribution in [2.24, 2.45) is 5.14 Å². The highest BCUT2D eigenvalue weighted by Crippen LogP contribution is 2.19. The number of nitrogens with zero attached hydrogens (tertiary/aromatic N) is 7. The summed E-state index contributed by atoms with van der Waals surface area (Å²) < 4.78 is 30.3. The molecule has 1 fully saturated rings. The lowest BCUT2D eigenvalue weighted by molar-refractivity contribution is 0.247. The number of hydrogen-bond acceptors (Lipinski definition) is 9. The van der Waals surface area contributed by atoms with Gasteiger partial charge in [-0.05, 0) is 36.8 Å². The number of nitrogens with two attached hydrogens (primary N) is 1. The van der Waals surface area contributed by atoms with Crippen molar-refractivity contribution in [2.45, 2.75) is 25.0 Å². The summed E-state index contributed by atoms with van der Waals surface area (Å²) in [7, 11) is -3.75. The van der Waals surface area contributed by atoms with Gasteiger partial charge in [0.1, 0.15) is 12.3 Å². The maximum atomic E-state index is 11.4. The van der Waals surface area contributed by atoms with Gasteiger partial charge >= 0.3 is 0 Å². The van der Waals surface area contributed by atoms with Crippen LogP contribution in [0.2, 0.25) is 0 Å². The van der Waals surface area contributed by atoms with Crippen LogP contribution in [-0.4, -0.2) is 64.5 Å². The van der Waals surface area contributed by atoms with Crippen molar-refractivity contribution in [3.05, 3.63) is 83.8 Å². The molecular formula is C25H28N8O3S. The molecule has 0 bridgehead atoms. The first kappa shape index (κ1) is 24.8. The molecule has 37 heavy (non-hydrogen) atoms. The first-order chi connectivity index (χ1) is 17.8.